The monoisotopic (exact) mass is 417 g/mol. The van der Waals surface area contributed by atoms with Gasteiger partial charge in [-0.15, -0.1) is 0 Å². The molecule has 3 aromatic rings. The van der Waals surface area contributed by atoms with Crippen LogP contribution in [0.3, 0.4) is 0 Å². The first-order valence-corrected chi connectivity index (χ1v) is 7.89. The van der Waals surface area contributed by atoms with Crippen molar-refractivity contribution in [2.24, 2.45) is 0 Å². The lowest BCUT2D eigenvalue weighted by molar-refractivity contribution is -0.137. The molecule has 3 rings (SSSR count). The Hall–Kier alpha value is -3.14. The molecule has 0 saturated heterocycles. The highest BCUT2D eigenvalue weighted by Gasteiger charge is 2.33. The smallest absolute Gasteiger partial charge is 0.359 e. The first-order valence-electron chi connectivity index (χ1n) is 7.51. The van der Waals surface area contributed by atoms with Crippen molar-refractivity contribution in [2.75, 3.05) is 10.6 Å². The summed E-state index contributed by atoms with van der Waals surface area (Å²) in [6.07, 6.45) is -3.44. The van der Waals surface area contributed by atoms with Gasteiger partial charge >= 0.3 is 18.0 Å². The van der Waals surface area contributed by atoms with Gasteiger partial charge in [0, 0.05) is 23.3 Å². The minimum atomic E-state index is -4.67. The zero-order valence-electron chi connectivity index (χ0n) is 13.5. The van der Waals surface area contributed by atoms with Crippen LogP contribution in [0.4, 0.5) is 33.3 Å². The molecular formula is C17H9ClF5N3O2. The van der Waals surface area contributed by atoms with Gasteiger partial charge in [-0.3, -0.25) is 9.59 Å². The van der Waals surface area contributed by atoms with E-state index in [1.807, 2.05) is 0 Å². The van der Waals surface area contributed by atoms with Gasteiger partial charge in [-0.2, -0.15) is 13.2 Å². The van der Waals surface area contributed by atoms with Crippen molar-refractivity contribution >= 4 is 45.7 Å². The van der Waals surface area contributed by atoms with E-state index in [9.17, 15) is 31.5 Å². The largest absolute Gasteiger partial charge is 0.417 e. The number of hydrogen-bond donors (Lipinski definition) is 3. The van der Waals surface area contributed by atoms with Gasteiger partial charge in [-0.25, -0.2) is 8.78 Å². The van der Waals surface area contributed by atoms with Gasteiger partial charge in [0.1, 0.15) is 0 Å². The van der Waals surface area contributed by atoms with Gasteiger partial charge in [0.2, 0.25) is 0 Å². The quantitative estimate of drug-likeness (QED) is 0.418. The standard InChI is InChI=1S/C17H9ClF5N3O2/c18-10-3-7(1-2-9(10)17(21,22)23)25-15(27)16(28)26-14-6-24-13-5-12(20)11(19)4-8(13)14/h1-6,24H,(H,25,27)(H,26,28). The first kappa shape index (κ1) is 19.6. The molecule has 0 saturated carbocycles. The molecule has 5 nitrogen and oxygen atoms in total. The molecule has 2 aromatic carbocycles. The zero-order chi connectivity index (χ0) is 20.6. The lowest BCUT2D eigenvalue weighted by atomic mass is 10.2. The molecule has 0 aliphatic carbocycles. The van der Waals surface area contributed by atoms with Gasteiger partial charge in [0.25, 0.3) is 0 Å². The summed E-state index contributed by atoms with van der Waals surface area (Å²) in [6.45, 7) is 0. The fraction of sp³-hybridized carbons (Fsp3) is 0.0588. The van der Waals surface area contributed by atoms with Crippen molar-refractivity contribution in [3.8, 4) is 0 Å². The highest BCUT2D eigenvalue weighted by molar-refractivity contribution is 6.44. The van der Waals surface area contributed by atoms with Gasteiger partial charge in [0.05, 0.1) is 21.8 Å². The van der Waals surface area contributed by atoms with Crippen molar-refractivity contribution in [3.63, 3.8) is 0 Å². The number of H-pyrrole nitrogens is 1. The van der Waals surface area contributed by atoms with E-state index < -0.39 is 40.2 Å². The second kappa shape index (κ2) is 7.12. The third kappa shape index (κ3) is 3.91. The summed E-state index contributed by atoms with van der Waals surface area (Å²) in [5.74, 6) is -4.62. The molecule has 0 spiro atoms. The Labute approximate surface area is 158 Å². The number of anilines is 2. The van der Waals surface area contributed by atoms with E-state index in [0.29, 0.717) is 6.07 Å². The van der Waals surface area contributed by atoms with E-state index in [2.05, 4.69) is 15.6 Å². The molecular weight excluding hydrogens is 409 g/mol. The molecule has 1 aromatic heterocycles. The maximum absolute atomic E-state index is 13.4. The Bertz CT molecular complexity index is 1090. The number of amides is 2. The predicted molar refractivity (Wildman–Crippen MR) is 91.9 cm³/mol. The van der Waals surface area contributed by atoms with Gasteiger partial charge < -0.3 is 15.6 Å². The number of rotatable bonds is 2. The third-order valence-electron chi connectivity index (χ3n) is 3.71. The lowest BCUT2D eigenvalue weighted by Crippen LogP contribution is -2.29. The average molecular weight is 418 g/mol. The van der Waals surface area contributed by atoms with Crippen molar-refractivity contribution in [2.45, 2.75) is 6.18 Å². The van der Waals surface area contributed by atoms with Gasteiger partial charge in [-0.1, -0.05) is 11.6 Å². The number of alkyl halides is 3. The van der Waals surface area contributed by atoms with Crippen molar-refractivity contribution < 1.29 is 31.5 Å². The summed E-state index contributed by atoms with van der Waals surface area (Å²) in [5, 5.41) is 3.76. The number of hydrogen-bond acceptors (Lipinski definition) is 2. The highest BCUT2D eigenvalue weighted by atomic mass is 35.5. The molecule has 2 amide bonds. The number of carbonyl (C=O) groups excluding carboxylic acids is 2. The van der Waals surface area contributed by atoms with Gasteiger partial charge in [-0.05, 0) is 24.3 Å². The zero-order valence-corrected chi connectivity index (χ0v) is 14.3. The van der Waals surface area contributed by atoms with Crippen LogP contribution < -0.4 is 10.6 Å². The minimum Gasteiger partial charge on any atom is -0.359 e. The summed E-state index contributed by atoms with van der Waals surface area (Å²) >= 11 is 5.54. The number of aromatic amines is 1. The maximum atomic E-state index is 13.4. The summed E-state index contributed by atoms with van der Waals surface area (Å²) in [4.78, 5) is 26.6. The fourth-order valence-electron chi connectivity index (χ4n) is 2.41. The molecule has 0 bridgehead atoms. The molecule has 11 heteroatoms. The fourth-order valence-corrected chi connectivity index (χ4v) is 2.70. The van der Waals surface area contributed by atoms with Crippen LogP contribution in [0.5, 0.6) is 0 Å². The number of fused-ring (bicyclic) bond motifs is 1. The van der Waals surface area contributed by atoms with Crippen LogP contribution in [-0.2, 0) is 15.8 Å². The van der Waals surface area contributed by atoms with Crippen molar-refractivity contribution in [3.05, 3.63) is 58.7 Å². The molecule has 1 heterocycles. The molecule has 146 valence electrons. The number of nitrogens with one attached hydrogen (secondary N) is 3. The van der Waals surface area contributed by atoms with Gasteiger partial charge in [0.15, 0.2) is 11.6 Å². The van der Waals surface area contributed by atoms with E-state index >= 15 is 0 Å². The van der Waals surface area contributed by atoms with Crippen molar-refractivity contribution in [1.29, 1.82) is 0 Å². The van der Waals surface area contributed by atoms with E-state index in [-0.39, 0.29) is 22.3 Å². The third-order valence-corrected chi connectivity index (χ3v) is 4.02. The van der Waals surface area contributed by atoms with Crippen LogP contribution >= 0.6 is 11.6 Å². The Morgan fingerprint density at radius 2 is 1.61 bits per heavy atom. The second-order valence-electron chi connectivity index (χ2n) is 5.61. The molecule has 0 aliphatic heterocycles. The molecule has 0 fully saturated rings. The molecule has 3 N–H and O–H groups in total. The van der Waals surface area contributed by atoms with E-state index in [0.717, 1.165) is 24.3 Å². The Morgan fingerprint density at radius 1 is 0.964 bits per heavy atom. The summed E-state index contributed by atoms with van der Waals surface area (Å²) in [5.41, 5.74) is -1.03. The molecule has 28 heavy (non-hydrogen) atoms. The predicted octanol–water partition coefficient (Wildman–Crippen LogP) is 4.70. The van der Waals surface area contributed by atoms with Crippen LogP contribution in [-0.4, -0.2) is 16.8 Å². The van der Waals surface area contributed by atoms with Crippen LogP contribution in [0.1, 0.15) is 5.56 Å². The van der Waals surface area contributed by atoms with Crippen LogP contribution in [0, 0.1) is 11.6 Å². The van der Waals surface area contributed by atoms with E-state index in [1.165, 1.54) is 6.20 Å². The molecule has 0 unspecified atom stereocenters. The van der Waals surface area contributed by atoms with Crippen LogP contribution in [0.2, 0.25) is 5.02 Å². The van der Waals surface area contributed by atoms with E-state index in [4.69, 9.17) is 11.6 Å². The molecule has 0 radical (unpaired) electrons. The average Bonchev–Trinajstić information content (AvgIpc) is 2.96. The number of carbonyl (C=O) groups is 2. The summed E-state index contributed by atoms with van der Waals surface area (Å²) in [7, 11) is 0. The SMILES string of the molecule is O=C(Nc1ccc(C(F)(F)F)c(Cl)c1)C(=O)Nc1c[nH]c2cc(F)c(F)cc12. The number of halogens is 6. The number of benzene rings is 2. The van der Waals surface area contributed by atoms with Crippen LogP contribution in [0.25, 0.3) is 10.9 Å². The highest BCUT2D eigenvalue weighted by Crippen LogP contribution is 2.35. The first-order chi connectivity index (χ1) is 13.1. The molecule has 0 aliphatic rings. The topological polar surface area (TPSA) is 74.0 Å². The maximum Gasteiger partial charge on any atom is 0.417 e. The van der Waals surface area contributed by atoms with Crippen molar-refractivity contribution in [1.82, 2.24) is 4.98 Å². The summed E-state index contributed by atoms with van der Waals surface area (Å²) < 4.78 is 64.6. The Kier molecular flexibility index (Phi) is 4.99. The number of aromatic nitrogens is 1. The Morgan fingerprint density at radius 3 is 2.25 bits per heavy atom. The lowest BCUT2D eigenvalue weighted by Gasteiger charge is -2.11. The summed E-state index contributed by atoms with van der Waals surface area (Å²) in [6, 6.07) is 4.16. The molecule has 0 atom stereocenters. The second-order valence-corrected chi connectivity index (χ2v) is 6.02. The minimum absolute atomic E-state index is 0.0134. The Balaban J connectivity index is 1.75. The van der Waals surface area contributed by atoms with Crippen LogP contribution in [0.15, 0.2) is 36.5 Å². The normalized spacial score (nSPS) is 11.5. The van der Waals surface area contributed by atoms with E-state index in [1.54, 1.807) is 0 Å².